The molecule has 122 valence electrons. The highest BCUT2D eigenvalue weighted by atomic mass is 32.2. The van der Waals surface area contributed by atoms with Crippen molar-refractivity contribution in [3.05, 3.63) is 54.1 Å². The highest BCUT2D eigenvalue weighted by molar-refractivity contribution is 7.99. The lowest BCUT2D eigenvalue weighted by Crippen LogP contribution is -2.27. The van der Waals surface area contributed by atoms with Crippen molar-refractivity contribution in [2.24, 2.45) is 0 Å². The number of nitrogens with one attached hydrogen (secondary N) is 1. The van der Waals surface area contributed by atoms with Gasteiger partial charge in [0, 0.05) is 11.7 Å². The van der Waals surface area contributed by atoms with Crippen LogP contribution in [0.3, 0.4) is 0 Å². The van der Waals surface area contributed by atoms with Crippen molar-refractivity contribution in [1.82, 2.24) is 14.9 Å². The van der Waals surface area contributed by atoms with Gasteiger partial charge < -0.3 is 5.32 Å². The summed E-state index contributed by atoms with van der Waals surface area (Å²) in [5, 5.41) is 3.88. The fourth-order valence-electron chi connectivity index (χ4n) is 2.74. The SMILES string of the molecule is Cc1cccc(-n2c(SCC(=O)NC3CC3)nc3ccccc32)c1. The largest absolute Gasteiger partial charge is 0.353 e. The van der Waals surface area contributed by atoms with Crippen molar-refractivity contribution in [1.29, 1.82) is 0 Å². The van der Waals surface area contributed by atoms with E-state index in [1.54, 1.807) is 0 Å². The maximum atomic E-state index is 12.0. The Hall–Kier alpha value is -2.27. The van der Waals surface area contributed by atoms with Crippen molar-refractivity contribution in [3.63, 3.8) is 0 Å². The van der Waals surface area contributed by atoms with E-state index in [4.69, 9.17) is 4.98 Å². The third-order valence-electron chi connectivity index (χ3n) is 4.06. The molecule has 4 rings (SSSR count). The molecule has 24 heavy (non-hydrogen) atoms. The first-order valence-corrected chi connectivity index (χ1v) is 9.16. The van der Waals surface area contributed by atoms with E-state index in [0.717, 1.165) is 34.7 Å². The second-order valence-corrected chi connectivity index (χ2v) is 7.13. The molecule has 0 atom stereocenters. The number of aryl methyl sites for hydroxylation is 1. The molecule has 0 spiro atoms. The Kier molecular flexibility index (Phi) is 4.02. The molecule has 0 bridgehead atoms. The molecule has 1 heterocycles. The van der Waals surface area contributed by atoms with Crippen molar-refractivity contribution in [2.45, 2.75) is 31.0 Å². The van der Waals surface area contributed by atoms with E-state index < -0.39 is 0 Å². The van der Waals surface area contributed by atoms with Crippen LogP contribution in [0.5, 0.6) is 0 Å². The van der Waals surface area contributed by atoms with E-state index in [2.05, 4.69) is 41.1 Å². The average Bonchev–Trinajstić information content (AvgIpc) is 3.30. The van der Waals surface area contributed by atoms with Crippen molar-refractivity contribution < 1.29 is 4.79 Å². The van der Waals surface area contributed by atoms with Crippen molar-refractivity contribution >= 4 is 28.7 Å². The minimum Gasteiger partial charge on any atom is -0.353 e. The fourth-order valence-corrected chi connectivity index (χ4v) is 3.58. The number of carbonyl (C=O) groups excluding carboxylic acids is 1. The summed E-state index contributed by atoms with van der Waals surface area (Å²) < 4.78 is 2.14. The summed E-state index contributed by atoms with van der Waals surface area (Å²) in [6.07, 6.45) is 2.22. The van der Waals surface area contributed by atoms with Crippen LogP contribution in [0, 0.1) is 6.92 Å². The predicted octanol–water partition coefficient (Wildman–Crippen LogP) is 3.70. The Morgan fingerprint density at radius 2 is 2.08 bits per heavy atom. The van der Waals surface area contributed by atoms with Gasteiger partial charge in [-0.2, -0.15) is 0 Å². The number of carbonyl (C=O) groups is 1. The van der Waals surface area contributed by atoms with Crippen LogP contribution in [0.2, 0.25) is 0 Å². The molecule has 4 nitrogen and oxygen atoms in total. The van der Waals surface area contributed by atoms with E-state index in [1.165, 1.54) is 17.3 Å². The summed E-state index contributed by atoms with van der Waals surface area (Å²) in [5.74, 6) is 0.483. The molecular formula is C19H19N3OS. The molecule has 0 aliphatic heterocycles. The smallest absolute Gasteiger partial charge is 0.230 e. The van der Waals surface area contributed by atoms with E-state index in [0.29, 0.717) is 11.8 Å². The molecule has 1 fully saturated rings. The molecule has 1 amide bonds. The summed E-state index contributed by atoms with van der Waals surface area (Å²) >= 11 is 1.49. The second kappa shape index (κ2) is 6.32. The molecule has 1 saturated carbocycles. The van der Waals surface area contributed by atoms with Gasteiger partial charge in [-0.3, -0.25) is 9.36 Å². The summed E-state index contributed by atoms with van der Waals surface area (Å²) in [4.78, 5) is 16.7. The van der Waals surface area contributed by atoms with E-state index in [9.17, 15) is 4.79 Å². The lowest BCUT2D eigenvalue weighted by atomic mass is 10.2. The molecule has 0 radical (unpaired) electrons. The van der Waals surface area contributed by atoms with Gasteiger partial charge in [-0.1, -0.05) is 36.0 Å². The number of aromatic nitrogens is 2. The van der Waals surface area contributed by atoms with Crippen molar-refractivity contribution in [2.75, 3.05) is 5.75 Å². The number of benzene rings is 2. The first kappa shape index (κ1) is 15.3. The third-order valence-corrected chi connectivity index (χ3v) is 5.00. The van der Waals surface area contributed by atoms with Gasteiger partial charge in [-0.05, 0) is 49.6 Å². The molecule has 1 aliphatic carbocycles. The number of para-hydroxylation sites is 2. The monoisotopic (exact) mass is 337 g/mol. The third kappa shape index (κ3) is 3.17. The van der Waals surface area contributed by atoms with Gasteiger partial charge in [0.15, 0.2) is 5.16 Å². The molecule has 0 unspecified atom stereocenters. The van der Waals surface area contributed by atoms with Crippen LogP contribution in [0.1, 0.15) is 18.4 Å². The van der Waals surface area contributed by atoms with E-state index in [1.807, 2.05) is 24.3 Å². The number of amides is 1. The molecule has 5 heteroatoms. The molecule has 2 aromatic carbocycles. The maximum Gasteiger partial charge on any atom is 0.230 e. The zero-order valence-corrected chi connectivity index (χ0v) is 14.3. The molecule has 1 N–H and O–H groups in total. The normalized spacial score (nSPS) is 14.0. The highest BCUT2D eigenvalue weighted by Crippen LogP contribution is 2.28. The molecule has 0 saturated heterocycles. The highest BCUT2D eigenvalue weighted by Gasteiger charge is 2.23. The van der Waals surface area contributed by atoms with Gasteiger partial charge in [0.2, 0.25) is 5.91 Å². The lowest BCUT2D eigenvalue weighted by Gasteiger charge is -2.10. The maximum absolute atomic E-state index is 12.0. The quantitative estimate of drug-likeness (QED) is 0.722. The van der Waals surface area contributed by atoms with Crippen LogP contribution in [0.15, 0.2) is 53.7 Å². The predicted molar refractivity (Wildman–Crippen MR) is 97.7 cm³/mol. The number of nitrogens with zero attached hydrogens (tertiary/aromatic N) is 2. The minimum absolute atomic E-state index is 0.0883. The molecule has 1 aliphatic rings. The van der Waals surface area contributed by atoms with Gasteiger partial charge in [0.1, 0.15) is 0 Å². The Bertz CT molecular complexity index is 899. The molecule has 1 aromatic heterocycles. The van der Waals surface area contributed by atoms with Gasteiger partial charge in [-0.25, -0.2) is 4.98 Å². The Morgan fingerprint density at radius 3 is 2.88 bits per heavy atom. The van der Waals surface area contributed by atoms with Crippen LogP contribution in [-0.2, 0) is 4.79 Å². The Morgan fingerprint density at radius 1 is 1.25 bits per heavy atom. The van der Waals surface area contributed by atoms with Crippen LogP contribution >= 0.6 is 11.8 Å². The van der Waals surface area contributed by atoms with Gasteiger partial charge in [0.25, 0.3) is 0 Å². The Labute approximate surface area is 145 Å². The number of hydrogen-bond acceptors (Lipinski definition) is 3. The summed E-state index contributed by atoms with van der Waals surface area (Å²) in [6, 6.07) is 16.8. The van der Waals surface area contributed by atoms with Crippen LogP contribution in [0.4, 0.5) is 0 Å². The van der Waals surface area contributed by atoms with Gasteiger partial charge in [0.05, 0.1) is 16.8 Å². The lowest BCUT2D eigenvalue weighted by molar-refractivity contribution is -0.118. The van der Waals surface area contributed by atoms with Crippen LogP contribution < -0.4 is 5.32 Å². The summed E-state index contributed by atoms with van der Waals surface area (Å²) in [6.45, 7) is 2.08. The summed E-state index contributed by atoms with van der Waals surface area (Å²) in [7, 11) is 0. The number of fused-ring (bicyclic) bond motifs is 1. The first-order valence-electron chi connectivity index (χ1n) is 8.17. The minimum atomic E-state index is 0.0883. The van der Waals surface area contributed by atoms with Crippen LogP contribution in [-0.4, -0.2) is 27.3 Å². The molecular weight excluding hydrogens is 318 g/mol. The van der Waals surface area contributed by atoms with Gasteiger partial charge in [-0.15, -0.1) is 0 Å². The van der Waals surface area contributed by atoms with Gasteiger partial charge >= 0.3 is 0 Å². The standard InChI is InChI=1S/C19H19N3OS/c1-13-5-4-6-15(11-13)22-17-8-3-2-7-16(17)21-19(22)24-12-18(23)20-14-9-10-14/h2-8,11,14H,9-10,12H2,1H3,(H,20,23). The number of rotatable bonds is 5. The zero-order valence-electron chi connectivity index (χ0n) is 13.5. The second-order valence-electron chi connectivity index (χ2n) is 6.19. The topological polar surface area (TPSA) is 46.9 Å². The number of imidazole rings is 1. The van der Waals surface area contributed by atoms with Crippen molar-refractivity contribution in [3.8, 4) is 5.69 Å². The molecule has 3 aromatic rings. The first-order chi connectivity index (χ1) is 11.7. The number of thioether (sulfide) groups is 1. The van der Waals surface area contributed by atoms with E-state index >= 15 is 0 Å². The zero-order chi connectivity index (χ0) is 16.5. The Balaban J connectivity index is 1.68. The van der Waals surface area contributed by atoms with E-state index in [-0.39, 0.29) is 5.91 Å². The summed E-state index contributed by atoms with van der Waals surface area (Å²) in [5.41, 5.74) is 4.29. The average molecular weight is 337 g/mol. The van der Waals surface area contributed by atoms with Crippen LogP contribution in [0.25, 0.3) is 16.7 Å². The number of hydrogen-bond donors (Lipinski definition) is 1. The fraction of sp³-hybridized carbons (Fsp3) is 0.263.